The third-order valence-electron chi connectivity index (χ3n) is 2.23. The van der Waals surface area contributed by atoms with Gasteiger partial charge in [-0.25, -0.2) is 0 Å². The third-order valence-corrected chi connectivity index (χ3v) is 2.23. The molecule has 0 aliphatic carbocycles. The number of phenolic OH excluding ortho intramolecular Hbond substituents is 1. The molecule has 14 heavy (non-hydrogen) atoms. The molecule has 1 rings (SSSR count). The molecule has 0 spiro atoms. The summed E-state index contributed by atoms with van der Waals surface area (Å²) in [4.78, 5) is 2.05. The Balaban J connectivity index is 2.82. The fourth-order valence-corrected chi connectivity index (χ4v) is 1.39. The average molecular weight is 195 g/mol. The maximum Gasteiger partial charge on any atom is 0.119 e. The van der Waals surface area contributed by atoms with Gasteiger partial charge in [0.25, 0.3) is 0 Å². The van der Waals surface area contributed by atoms with E-state index in [0.717, 1.165) is 24.1 Å². The molecule has 1 aromatic rings. The Morgan fingerprint density at radius 2 is 2.00 bits per heavy atom. The highest BCUT2D eigenvalue weighted by Gasteiger charge is 2.06. The van der Waals surface area contributed by atoms with E-state index in [2.05, 4.69) is 0 Å². The Bertz CT molecular complexity index is 297. The fraction of sp³-hybridized carbons (Fsp3) is 0.455. The van der Waals surface area contributed by atoms with Gasteiger partial charge in [-0.2, -0.15) is 0 Å². The van der Waals surface area contributed by atoms with E-state index in [4.69, 9.17) is 5.11 Å². The summed E-state index contributed by atoms with van der Waals surface area (Å²) in [5.41, 5.74) is 1.66. The molecule has 78 valence electrons. The Morgan fingerprint density at radius 3 is 2.57 bits per heavy atom. The van der Waals surface area contributed by atoms with Gasteiger partial charge in [0, 0.05) is 12.1 Å². The first-order valence-electron chi connectivity index (χ1n) is 4.70. The molecule has 3 heteroatoms. The Hall–Kier alpha value is -1.06. The van der Waals surface area contributed by atoms with Crippen molar-refractivity contribution >= 4 is 0 Å². The van der Waals surface area contributed by atoms with Gasteiger partial charge >= 0.3 is 0 Å². The van der Waals surface area contributed by atoms with Gasteiger partial charge in [0.1, 0.15) is 5.75 Å². The smallest absolute Gasteiger partial charge is 0.119 e. The standard InChI is InChI=1S/C11H17NO2/c1-12(2)7-6-10-9(8-13)4-3-5-11(10)14/h3-5,13-14H,6-8H2,1-2H3. The van der Waals surface area contributed by atoms with Crippen molar-refractivity contribution in [3.63, 3.8) is 0 Å². The molecular formula is C11H17NO2. The lowest BCUT2D eigenvalue weighted by atomic mass is 10.0. The van der Waals surface area contributed by atoms with Crippen molar-refractivity contribution in [2.24, 2.45) is 0 Å². The van der Waals surface area contributed by atoms with Crippen LogP contribution in [0, 0.1) is 0 Å². The quantitative estimate of drug-likeness (QED) is 0.753. The number of aliphatic hydroxyl groups excluding tert-OH is 1. The summed E-state index contributed by atoms with van der Waals surface area (Å²) in [7, 11) is 3.97. The first-order chi connectivity index (χ1) is 6.65. The minimum Gasteiger partial charge on any atom is -0.508 e. The number of aromatic hydroxyl groups is 1. The van der Waals surface area contributed by atoms with Crippen molar-refractivity contribution < 1.29 is 10.2 Å². The Morgan fingerprint density at radius 1 is 1.29 bits per heavy atom. The van der Waals surface area contributed by atoms with E-state index in [0.29, 0.717) is 0 Å². The highest BCUT2D eigenvalue weighted by atomic mass is 16.3. The normalized spacial score (nSPS) is 10.9. The number of hydrogen-bond donors (Lipinski definition) is 2. The molecule has 0 heterocycles. The zero-order valence-corrected chi connectivity index (χ0v) is 8.70. The van der Waals surface area contributed by atoms with Crippen LogP contribution in [0.4, 0.5) is 0 Å². The summed E-state index contributed by atoms with van der Waals surface area (Å²) < 4.78 is 0. The van der Waals surface area contributed by atoms with Gasteiger partial charge < -0.3 is 15.1 Å². The summed E-state index contributed by atoms with van der Waals surface area (Å²) in [6, 6.07) is 5.24. The van der Waals surface area contributed by atoms with Gasteiger partial charge in [-0.05, 0) is 32.1 Å². The predicted molar refractivity (Wildman–Crippen MR) is 56.3 cm³/mol. The highest BCUT2D eigenvalue weighted by Crippen LogP contribution is 2.21. The molecule has 3 nitrogen and oxygen atoms in total. The number of aliphatic hydroxyl groups is 1. The minimum atomic E-state index is -0.0167. The third kappa shape index (κ3) is 2.72. The molecule has 0 aliphatic rings. The van der Waals surface area contributed by atoms with Crippen LogP contribution in [0.25, 0.3) is 0 Å². The SMILES string of the molecule is CN(C)CCc1c(O)cccc1CO. The van der Waals surface area contributed by atoms with E-state index in [1.807, 2.05) is 25.1 Å². The molecule has 0 unspecified atom stereocenters. The minimum absolute atomic E-state index is 0.0167. The monoisotopic (exact) mass is 195 g/mol. The Kier molecular flexibility index (Phi) is 3.92. The summed E-state index contributed by atoms with van der Waals surface area (Å²) in [5, 5.41) is 18.7. The lowest BCUT2D eigenvalue weighted by Gasteiger charge is -2.13. The molecule has 0 bridgehead atoms. The van der Waals surface area contributed by atoms with Crippen molar-refractivity contribution in [2.75, 3.05) is 20.6 Å². The van der Waals surface area contributed by atoms with Gasteiger partial charge in [0.2, 0.25) is 0 Å². The highest BCUT2D eigenvalue weighted by molar-refractivity contribution is 5.39. The van der Waals surface area contributed by atoms with Crippen molar-refractivity contribution in [3.8, 4) is 5.75 Å². The summed E-state index contributed by atoms with van der Waals surface area (Å²) in [6.07, 6.45) is 0.759. The summed E-state index contributed by atoms with van der Waals surface area (Å²) in [6.45, 7) is 0.849. The zero-order valence-electron chi connectivity index (χ0n) is 8.70. The lowest BCUT2D eigenvalue weighted by Crippen LogP contribution is -2.15. The lowest BCUT2D eigenvalue weighted by molar-refractivity contribution is 0.279. The van der Waals surface area contributed by atoms with Crippen LogP contribution in [-0.2, 0) is 13.0 Å². The number of nitrogens with zero attached hydrogens (tertiary/aromatic N) is 1. The van der Waals surface area contributed by atoms with Gasteiger partial charge in [0.15, 0.2) is 0 Å². The van der Waals surface area contributed by atoms with E-state index < -0.39 is 0 Å². The van der Waals surface area contributed by atoms with Crippen molar-refractivity contribution in [1.82, 2.24) is 4.90 Å². The second-order valence-electron chi connectivity index (χ2n) is 3.63. The maximum absolute atomic E-state index is 9.61. The average Bonchev–Trinajstić information content (AvgIpc) is 2.15. The van der Waals surface area contributed by atoms with Crippen molar-refractivity contribution in [3.05, 3.63) is 29.3 Å². The molecule has 0 radical (unpaired) electrons. The van der Waals surface area contributed by atoms with Gasteiger partial charge in [-0.15, -0.1) is 0 Å². The molecule has 0 saturated heterocycles. The van der Waals surface area contributed by atoms with Gasteiger partial charge in [-0.1, -0.05) is 12.1 Å². The van der Waals surface area contributed by atoms with Crippen LogP contribution in [0.15, 0.2) is 18.2 Å². The molecule has 0 saturated carbocycles. The van der Waals surface area contributed by atoms with Crippen LogP contribution in [0.2, 0.25) is 0 Å². The Labute approximate surface area is 84.6 Å². The van der Waals surface area contributed by atoms with E-state index in [9.17, 15) is 5.11 Å². The molecule has 2 N–H and O–H groups in total. The number of rotatable bonds is 4. The number of phenols is 1. The topological polar surface area (TPSA) is 43.7 Å². The number of hydrogen-bond acceptors (Lipinski definition) is 3. The van der Waals surface area contributed by atoms with Crippen LogP contribution in [-0.4, -0.2) is 35.8 Å². The van der Waals surface area contributed by atoms with Gasteiger partial charge in [-0.3, -0.25) is 0 Å². The summed E-state index contributed by atoms with van der Waals surface area (Å²) in [5.74, 6) is 0.276. The van der Waals surface area contributed by atoms with Crippen molar-refractivity contribution in [2.45, 2.75) is 13.0 Å². The molecule has 0 amide bonds. The summed E-state index contributed by atoms with van der Waals surface area (Å²) >= 11 is 0. The van der Waals surface area contributed by atoms with Crippen molar-refractivity contribution in [1.29, 1.82) is 0 Å². The maximum atomic E-state index is 9.61. The molecule has 0 aromatic heterocycles. The number of likely N-dealkylation sites (N-methyl/N-ethyl adjacent to an activating group) is 1. The van der Waals surface area contributed by atoms with Crippen LogP contribution >= 0.6 is 0 Å². The van der Waals surface area contributed by atoms with E-state index >= 15 is 0 Å². The first kappa shape index (κ1) is 11.0. The molecule has 1 aromatic carbocycles. The van der Waals surface area contributed by atoms with Gasteiger partial charge in [0.05, 0.1) is 6.61 Å². The van der Waals surface area contributed by atoms with Crippen LogP contribution in [0.5, 0.6) is 5.75 Å². The largest absolute Gasteiger partial charge is 0.508 e. The number of benzene rings is 1. The fourth-order valence-electron chi connectivity index (χ4n) is 1.39. The molecular weight excluding hydrogens is 178 g/mol. The van der Waals surface area contributed by atoms with E-state index in [1.165, 1.54) is 0 Å². The van der Waals surface area contributed by atoms with Crippen LogP contribution < -0.4 is 0 Å². The van der Waals surface area contributed by atoms with E-state index in [1.54, 1.807) is 12.1 Å². The first-order valence-corrected chi connectivity index (χ1v) is 4.70. The molecule has 0 aliphatic heterocycles. The zero-order chi connectivity index (χ0) is 10.6. The predicted octanol–water partition coefficient (Wildman–Crippen LogP) is 0.989. The second-order valence-corrected chi connectivity index (χ2v) is 3.63. The van der Waals surface area contributed by atoms with Crippen LogP contribution in [0.3, 0.4) is 0 Å². The van der Waals surface area contributed by atoms with Crippen LogP contribution in [0.1, 0.15) is 11.1 Å². The van der Waals surface area contributed by atoms with E-state index in [-0.39, 0.29) is 12.4 Å². The second kappa shape index (κ2) is 4.98. The molecule has 0 fully saturated rings. The molecule has 0 atom stereocenters.